The smallest absolute Gasteiger partial charge is 0.361 e. The monoisotopic (exact) mass is 538 g/mol. The lowest BCUT2D eigenvalue weighted by molar-refractivity contribution is -0.267. The number of amides is 2. The fourth-order valence-electron chi connectivity index (χ4n) is 3.67. The van der Waals surface area contributed by atoms with E-state index in [0.29, 0.717) is 22.0 Å². The predicted molar refractivity (Wildman–Crippen MR) is 129 cm³/mol. The molecule has 196 valence electrons. The van der Waals surface area contributed by atoms with Crippen molar-refractivity contribution in [3.05, 3.63) is 64.9 Å². The molecule has 1 aromatic heterocycles. The van der Waals surface area contributed by atoms with Crippen molar-refractivity contribution in [1.82, 2.24) is 15.1 Å². The van der Waals surface area contributed by atoms with Gasteiger partial charge in [0.25, 0.3) is 0 Å². The van der Waals surface area contributed by atoms with Gasteiger partial charge in [0.1, 0.15) is 5.82 Å². The Hall–Kier alpha value is -3.44. The minimum absolute atomic E-state index is 0.0537. The summed E-state index contributed by atoms with van der Waals surface area (Å²) >= 11 is 6.00. The molecule has 7 nitrogen and oxygen atoms in total. The third kappa shape index (κ3) is 6.11. The summed E-state index contributed by atoms with van der Waals surface area (Å²) in [5.74, 6) is -1.74. The molecule has 0 spiro atoms. The molecule has 0 aliphatic carbocycles. The zero-order valence-electron chi connectivity index (χ0n) is 19.8. The molecule has 1 aliphatic rings. The van der Waals surface area contributed by atoms with Gasteiger partial charge in [-0.3, -0.25) is 9.59 Å². The van der Waals surface area contributed by atoms with Crippen LogP contribution in [0.1, 0.15) is 25.8 Å². The highest BCUT2D eigenvalue weighted by atomic mass is 35.5. The Morgan fingerprint density at radius 2 is 1.89 bits per heavy atom. The number of hydrogen-bond acceptors (Lipinski definition) is 4. The molecular formula is C25H23ClF4N4O3. The normalized spacial score (nSPS) is 16.1. The lowest BCUT2D eigenvalue weighted by atomic mass is 10.1. The van der Waals surface area contributed by atoms with E-state index in [4.69, 9.17) is 16.3 Å². The predicted octanol–water partition coefficient (Wildman–Crippen LogP) is 5.26. The summed E-state index contributed by atoms with van der Waals surface area (Å²) in [6.45, 7) is 1.51. The average molecular weight is 539 g/mol. The molecule has 0 radical (unpaired) electrons. The second-order valence-electron chi connectivity index (χ2n) is 9.14. The lowest BCUT2D eigenvalue weighted by Crippen LogP contribution is -2.41. The van der Waals surface area contributed by atoms with Gasteiger partial charge in [0, 0.05) is 29.6 Å². The second kappa shape index (κ2) is 10.1. The minimum atomic E-state index is -4.61. The van der Waals surface area contributed by atoms with E-state index in [2.05, 4.69) is 15.7 Å². The van der Waals surface area contributed by atoms with Crippen LogP contribution in [0.3, 0.4) is 0 Å². The van der Waals surface area contributed by atoms with Crippen LogP contribution >= 0.6 is 11.6 Å². The van der Waals surface area contributed by atoms with Gasteiger partial charge in [-0.05, 0) is 61.9 Å². The number of anilines is 1. The molecule has 1 aliphatic heterocycles. The van der Waals surface area contributed by atoms with Gasteiger partial charge in [0.15, 0.2) is 11.4 Å². The first kappa shape index (κ1) is 26.6. The molecule has 37 heavy (non-hydrogen) atoms. The number of rotatable bonds is 7. The molecule has 0 unspecified atom stereocenters. The summed E-state index contributed by atoms with van der Waals surface area (Å²) in [5.41, 5.74) is -1.06. The molecule has 4 rings (SSSR count). The van der Waals surface area contributed by atoms with Crippen LogP contribution in [0.5, 0.6) is 0 Å². The molecule has 2 aromatic carbocycles. The molecule has 1 saturated heterocycles. The van der Waals surface area contributed by atoms with Crippen molar-refractivity contribution < 1.29 is 31.9 Å². The number of halogens is 5. The van der Waals surface area contributed by atoms with Gasteiger partial charge in [-0.25, -0.2) is 9.07 Å². The molecule has 0 bridgehead atoms. The van der Waals surface area contributed by atoms with Gasteiger partial charge < -0.3 is 15.4 Å². The first-order valence-electron chi connectivity index (χ1n) is 11.3. The van der Waals surface area contributed by atoms with Crippen LogP contribution in [0.25, 0.3) is 16.9 Å². The number of nitrogens with zero attached hydrogens (tertiary/aromatic N) is 2. The van der Waals surface area contributed by atoms with E-state index >= 15 is 0 Å². The average Bonchev–Trinajstić information content (AvgIpc) is 3.44. The first-order chi connectivity index (χ1) is 17.3. The Balaban J connectivity index is 1.68. The van der Waals surface area contributed by atoms with Gasteiger partial charge in [-0.1, -0.05) is 11.6 Å². The number of nitrogens with one attached hydrogen (secondary N) is 2. The maximum absolute atomic E-state index is 14.6. The molecule has 3 aromatic rings. The van der Waals surface area contributed by atoms with Crippen LogP contribution in [0.15, 0.2) is 48.5 Å². The Morgan fingerprint density at radius 1 is 1.19 bits per heavy atom. The van der Waals surface area contributed by atoms with Gasteiger partial charge in [0.05, 0.1) is 23.9 Å². The molecule has 1 atom stereocenters. The summed E-state index contributed by atoms with van der Waals surface area (Å²) in [6.07, 6.45) is -4.55. The van der Waals surface area contributed by atoms with E-state index < -0.39 is 36.0 Å². The van der Waals surface area contributed by atoms with Crippen LogP contribution in [-0.4, -0.2) is 39.9 Å². The molecule has 2 amide bonds. The third-order valence-electron chi connectivity index (χ3n) is 5.92. The molecule has 2 heterocycles. The van der Waals surface area contributed by atoms with E-state index in [1.54, 1.807) is 24.3 Å². The molecular weight excluding hydrogens is 516 g/mol. The Kier molecular flexibility index (Phi) is 7.29. The van der Waals surface area contributed by atoms with Crippen LogP contribution in [0, 0.1) is 11.7 Å². The van der Waals surface area contributed by atoms with Crippen molar-refractivity contribution in [3.63, 3.8) is 0 Å². The van der Waals surface area contributed by atoms with Gasteiger partial charge in [-0.15, -0.1) is 5.10 Å². The molecule has 2 N–H and O–H groups in total. The quantitative estimate of drug-likeness (QED) is 0.402. The fraction of sp³-hybridized carbons (Fsp3) is 0.320. The molecule has 12 heteroatoms. The Bertz CT molecular complexity index is 1320. The zero-order valence-corrected chi connectivity index (χ0v) is 20.6. The number of carbonyl (C=O) groups excluding carboxylic acids is 2. The Morgan fingerprint density at radius 3 is 2.51 bits per heavy atom. The third-order valence-corrected chi connectivity index (χ3v) is 6.17. The second-order valence-corrected chi connectivity index (χ2v) is 9.58. The minimum Gasteiger partial charge on any atom is -0.361 e. The van der Waals surface area contributed by atoms with Crippen LogP contribution < -0.4 is 10.6 Å². The fourth-order valence-corrected chi connectivity index (χ4v) is 3.80. The van der Waals surface area contributed by atoms with E-state index in [-0.39, 0.29) is 30.3 Å². The SMILES string of the molecule is CC(C)(OCc1cc(F)cc(-c2cc(NC(=O)[C@@H]3CNC(=O)C3)nn2-c2ccc(Cl)cc2)c1)C(F)(F)F. The number of hydrogen-bond donors (Lipinski definition) is 2. The topological polar surface area (TPSA) is 85.2 Å². The number of aromatic nitrogens is 2. The number of carbonyl (C=O) groups is 2. The highest BCUT2D eigenvalue weighted by Crippen LogP contribution is 2.34. The van der Waals surface area contributed by atoms with Crippen molar-refractivity contribution in [2.75, 3.05) is 11.9 Å². The number of benzene rings is 2. The van der Waals surface area contributed by atoms with E-state index in [0.717, 1.165) is 19.9 Å². The van der Waals surface area contributed by atoms with Crippen LogP contribution in [0.2, 0.25) is 5.02 Å². The standard InChI is InChI=1S/C25H23ClF4N4O3/c1-24(2,25(28,29)30)37-13-14-7-15(9-18(27)8-14)20-11-21(32-23(36)16-10-22(35)31-12-16)33-34(20)19-5-3-17(26)4-6-19/h3-9,11,16H,10,12-13H2,1-2H3,(H,31,35)(H,32,33,36)/t16-/m0/s1. The number of ether oxygens (including phenoxy) is 1. The van der Waals surface area contributed by atoms with E-state index in [1.165, 1.54) is 22.9 Å². The highest BCUT2D eigenvalue weighted by molar-refractivity contribution is 6.30. The highest BCUT2D eigenvalue weighted by Gasteiger charge is 2.48. The summed E-state index contributed by atoms with van der Waals surface area (Å²) in [4.78, 5) is 24.1. The summed E-state index contributed by atoms with van der Waals surface area (Å²) < 4.78 is 60.7. The summed E-state index contributed by atoms with van der Waals surface area (Å²) in [5, 5.41) is 10.2. The van der Waals surface area contributed by atoms with Gasteiger partial charge in [0.2, 0.25) is 11.8 Å². The van der Waals surface area contributed by atoms with Crippen LogP contribution in [0.4, 0.5) is 23.4 Å². The van der Waals surface area contributed by atoms with E-state index in [1.807, 2.05) is 0 Å². The lowest BCUT2D eigenvalue weighted by Gasteiger charge is -2.28. The maximum atomic E-state index is 14.6. The van der Waals surface area contributed by atoms with Crippen LogP contribution in [-0.2, 0) is 20.9 Å². The van der Waals surface area contributed by atoms with Crippen molar-refractivity contribution in [2.45, 2.75) is 38.7 Å². The largest absolute Gasteiger partial charge is 0.416 e. The van der Waals surface area contributed by atoms with Crippen molar-refractivity contribution >= 4 is 29.2 Å². The zero-order chi connectivity index (χ0) is 27.0. The van der Waals surface area contributed by atoms with Crippen molar-refractivity contribution in [3.8, 4) is 16.9 Å². The Labute approximate surface area is 214 Å². The van der Waals surface area contributed by atoms with Crippen molar-refractivity contribution in [1.29, 1.82) is 0 Å². The van der Waals surface area contributed by atoms with E-state index in [9.17, 15) is 27.2 Å². The van der Waals surface area contributed by atoms with Gasteiger partial charge >= 0.3 is 6.18 Å². The number of alkyl halides is 3. The first-order valence-corrected chi connectivity index (χ1v) is 11.6. The maximum Gasteiger partial charge on any atom is 0.416 e. The summed E-state index contributed by atoms with van der Waals surface area (Å²) in [6, 6.07) is 11.9. The van der Waals surface area contributed by atoms with Crippen molar-refractivity contribution in [2.24, 2.45) is 5.92 Å². The van der Waals surface area contributed by atoms with Gasteiger partial charge in [-0.2, -0.15) is 13.2 Å². The summed E-state index contributed by atoms with van der Waals surface area (Å²) in [7, 11) is 0. The molecule has 0 saturated carbocycles. The molecule has 1 fully saturated rings.